The van der Waals surface area contributed by atoms with Gasteiger partial charge >= 0.3 is 6.01 Å². The van der Waals surface area contributed by atoms with E-state index >= 15 is 8.78 Å². The van der Waals surface area contributed by atoms with Crippen LogP contribution in [-0.4, -0.2) is 91.4 Å². The van der Waals surface area contributed by atoms with Gasteiger partial charge in [0, 0.05) is 49.8 Å². The van der Waals surface area contributed by atoms with Crippen molar-refractivity contribution in [3.8, 4) is 17.3 Å². The molecule has 1 N–H and O–H groups in total. The van der Waals surface area contributed by atoms with Crippen molar-refractivity contribution in [1.82, 2.24) is 29.6 Å². The zero-order valence-corrected chi connectivity index (χ0v) is 29.7. The van der Waals surface area contributed by atoms with Crippen LogP contribution in [0.5, 0.6) is 6.01 Å². The number of aromatic nitrogens is 5. The molecule has 1 unspecified atom stereocenters. The molecule has 0 aliphatic carbocycles. The zero-order chi connectivity index (χ0) is 35.8. The molecule has 4 aliphatic rings. The fourth-order valence-electron chi connectivity index (χ4n) is 9.33. The largest absolute Gasteiger partial charge is 0.461 e. The average Bonchev–Trinajstić information content (AvgIpc) is 3.82. The van der Waals surface area contributed by atoms with E-state index in [1.807, 2.05) is 22.6 Å². The normalized spacial score (nSPS) is 26.9. The number of fused-ring (bicyclic) bond motifs is 4. The minimum Gasteiger partial charge on any atom is -0.461 e. The summed E-state index contributed by atoms with van der Waals surface area (Å²) in [5, 5.41) is 18.1. The Hall–Kier alpha value is -4.07. The topological polar surface area (TPSA) is 102 Å². The van der Waals surface area contributed by atoms with Crippen LogP contribution in [0.25, 0.3) is 43.8 Å². The maximum Gasteiger partial charge on any atom is 0.319 e. The Morgan fingerprint density at radius 3 is 2.73 bits per heavy atom. The minimum absolute atomic E-state index is 0.00777. The van der Waals surface area contributed by atoms with E-state index in [0.717, 1.165) is 49.6 Å². The van der Waals surface area contributed by atoms with E-state index < -0.39 is 23.1 Å². The predicted octanol–water partition coefficient (Wildman–Crippen LogP) is 7.04. The highest BCUT2D eigenvalue weighted by Crippen LogP contribution is 2.44. The molecule has 2 aromatic carbocycles. The first kappa shape index (κ1) is 33.7. The fourth-order valence-corrected chi connectivity index (χ4v) is 9.33. The number of anilines is 1. The molecule has 0 amide bonds. The molecule has 4 atom stereocenters. The molecule has 274 valence electrons. The number of hydrogen-bond acceptors (Lipinski definition) is 9. The summed E-state index contributed by atoms with van der Waals surface area (Å²) < 4.78 is 61.9. The van der Waals surface area contributed by atoms with E-state index in [4.69, 9.17) is 24.5 Å². The van der Waals surface area contributed by atoms with Crippen LogP contribution >= 0.6 is 0 Å². The number of pyridine rings is 1. The molecule has 9 rings (SSSR count). The Labute approximate surface area is 299 Å². The average molecular weight is 716 g/mol. The number of alkyl halides is 1. The second kappa shape index (κ2) is 12.8. The van der Waals surface area contributed by atoms with Crippen molar-refractivity contribution in [1.29, 1.82) is 0 Å². The monoisotopic (exact) mass is 715 g/mol. The number of halogens is 3. The van der Waals surface area contributed by atoms with Crippen LogP contribution < -0.4 is 9.64 Å². The number of piperidine rings is 1. The van der Waals surface area contributed by atoms with E-state index in [0.29, 0.717) is 78.5 Å². The lowest BCUT2D eigenvalue weighted by molar-refractivity contribution is -0.0366. The fraction of sp³-hybridized carbons (Fsp3) is 0.538. The molecule has 4 fully saturated rings. The number of nitrogens with zero attached hydrogens (tertiary/aromatic N) is 7. The summed E-state index contributed by atoms with van der Waals surface area (Å²) in [6, 6.07) is 5.13. The van der Waals surface area contributed by atoms with Gasteiger partial charge in [-0.1, -0.05) is 13.0 Å². The number of benzene rings is 2. The molecule has 4 saturated heterocycles. The number of hydrogen-bond donors (Lipinski definition) is 1. The van der Waals surface area contributed by atoms with E-state index in [9.17, 15) is 9.50 Å². The van der Waals surface area contributed by atoms with Gasteiger partial charge in [-0.15, -0.1) is 0 Å². The molecule has 5 aromatic rings. The van der Waals surface area contributed by atoms with Crippen LogP contribution in [0.4, 0.5) is 19.0 Å². The number of aryl methyl sites for hydroxylation is 1. The zero-order valence-electron chi connectivity index (χ0n) is 29.7. The second-order valence-corrected chi connectivity index (χ2v) is 15.5. The van der Waals surface area contributed by atoms with Gasteiger partial charge in [0.25, 0.3) is 0 Å². The molecule has 3 aromatic heterocycles. The van der Waals surface area contributed by atoms with E-state index in [1.54, 1.807) is 25.4 Å². The summed E-state index contributed by atoms with van der Waals surface area (Å²) in [7, 11) is 0. The van der Waals surface area contributed by atoms with Crippen molar-refractivity contribution in [2.75, 3.05) is 44.3 Å². The van der Waals surface area contributed by atoms with Crippen molar-refractivity contribution in [3.05, 3.63) is 47.8 Å². The lowest BCUT2D eigenvalue weighted by atomic mass is 9.92. The first-order valence-electron chi connectivity index (χ1n) is 18.7. The summed E-state index contributed by atoms with van der Waals surface area (Å²) in [6.07, 6.45) is 8.71. The Morgan fingerprint density at radius 1 is 1.06 bits per heavy atom. The lowest BCUT2D eigenvalue weighted by Gasteiger charge is -2.38. The molecular formula is C39H44F3N7O3. The highest BCUT2D eigenvalue weighted by Gasteiger charge is 2.49. The highest BCUT2D eigenvalue weighted by molar-refractivity contribution is 6.13. The Bertz CT molecular complexity index is 2190. The van der Waals surface area contributed by atoms with Crippen LogP contribution in [0, 0.1) is 11.6 Å². The number of ether oxygens (including phenoxy) is 2. The second-order valence-electron chi connectivity index (χ2n) is 15.5. The summed E-state index contributed by atoms with van der Waals surface area (Å²) in [5.74, 6) is -0.652. The van der Waals surface area contributed by atoms with Gasteiger partial charge in [-0.25, -0.2) is 17.9 Å². The van der Waals surface area contributed by atoms with Gasteiger partial charge < -0.3 is 19.5 Å². The highest BCUT2D eigenvalue weighted by atomic mass is 19.1. The molecule has 0 bridgehead atoms. The molecule has 52 heavy (non-hydrogen) atoms. The van der Waals surface area contributed by atoms with Gasteiger partial charge in [0.05, 0.1) is 28.2 Å². The number of rotatable bonds is 7. The van der Waals surface area contributed by atoms with Gasteiger partial charge in [0.2, 0.25) is 0 Å². The van der Waals surface area contributed by atoms with Gasteiger partial charge in [-0.2, -0.15) is 15.1 Å². The summed E-state index contributed by atoms with van der Waals surface area (Å²) in [5.41, 5.74) is 0.252. The first-order valence-corrected chi connectivity index (χ1v) is 18.7. The lowest BCUT2D eigenvalue weighted by Crippen LogP contribution is -2.46. The summed E-state index contributed by atoms with van der Waals surface area (Å²) in [6.45, 7) is 6.55. The third-order valence-electron chi connectivity index (χ3n) is 11.8. The predicted molar refractivity (Wildman–Crippen MR) is 192 cm³/mol. The Kier molecular flexibility index (Phi) is 8.31. The van der Waals surface area contributed by atoms with Gasteiger partial charge in [-0.05, 0) is 93.3 Å². The summed E-state index contributed by atoms with van der Waals surface area (Å²) in [4.78, 5) is 18.3. The van der Waals surface area contributed by atoms with E-state index in [-0.39, 0.29) is 42.4 Å². The number of β-amino-alcohol motifs (C(OH)–C–C–N with tert-alkyl or cyclic N) is 1. The molecular weight excluding hydrogens is 671 g/mol. The van der Waals surface area contributed by atoms with Gasteiger partial charge in [-0.3, -0.25) is 9.88 Å². The van der Waals surface area contributed by atoms with Crippen molar-refractivity contribution < 1.29 is 27.8 Å². The molecule has 10 nitrogen and oxygen atoms in total. The standard InChI is InChI=1S/C39H44F3N7O3/c1-3-25-28(41)10-9-23-16-29-26(19-44-49(29)30-8-4-5-15-51-30)32(31(23)25)35-33(42)34-27(18-43-35)36(47-13-6-11-38(2,50)21-47)46-37(45-34)52-22-39-12-7-14-48(39)20-24(40)17-39/h9-10,16,18-19,24,30,50H,3-8,11-15,17,20-22H2,1-2H3/t24-,30?,38-,39+/m1/s1. The molecule has 0 radical (unpaired) electrons. The molecule has 4 aliphatic heterocycles. The quantitative estimate of drug-likeness (QED) is 0.190. The van der Waals surface area contributed by atoms with Gasteiger partial charge in [0.1, 0.15) is 35.6 Å². The smallest absolute Gasteiger partial charge is 0.319 e. The molecule has 7 heterocycles. The molecule has 13 heteroatoms. The maximum absolute atomic E-state index is 17.5. The van der Waals surface area contributed by atoms with Crippen molar-refractivity contribution >= 4 is 38.4 Å². The van der Waals surface area contributed by atoms with Crippen molar-refractivity contribution in [2.24, 2.45) is 0 Å². The van der Waals surface area contributed by atoms with Crippen molar-refractivity contribution in [2.45, 2.75) is 95.2 Å². The summed E-state index contributed by atoms with van der Waals surface area (Å²) >= 11 is 0. The third kappa shape index (κ3) is 5.58. The van der Waals surface area contributed by atoms with E-state index in [1.165, 1.54) is 6.07 Å². The van der Waals surface area contributed by atoms with Crippen LogP contribution in [0.15, 0.2) is 30.6 Å². The van der Waals surface area contributed by atoms with Crippen LogP contribution in [0.2, 0.25) is 0 Å². The minimum atomic E-state index is -0.969. The van der Waals surface area contributed by atoms with Crippen LogP contribution in [0.1, 0.15) is 77.0 Å². The maximum atomic E-state index is 17.5. The van der Waals surface area contributed by atoms with Gasteiger partial charge in [0.15, 0.2) is 12.0 Å². The van der Waals surface area contributed by atoms with Crippen LogP contribution in [0.3, 0.4) is 0 Å². The third-order valence-corrected chi connectivity index (χ3v) is 11.8. The van der Waals surface area contributed by atoms with Crippen LogP contribution in [-0.2, 0) is 11.2 Å². The Morgan fingerprint density at radius 2 is 1.92 bits per heavy atom. The van der Waals surface area contributed by atoms with E-state index in [2.05, 4.69) is 9.88 Å². The first-order chi connectivity index (χ1) is 25.1. The molecule has 0 spiro atoms. The Balaban J connectivity index is 1.24. The molecule has 0 saturated carbocycles. The SMILES string of the molecule is CCc1c(F)ccc2cc3c(cnn3C3CCCCO3)c(-c3ncc4c(N5CCC[C@@](C)(O)C5)nc(OC[C@@]56CCCN5C[C@H](F)C6)nc4c3F)c12. The number of aliphatic hydroxyl groups is 1. The van der Waals surface area contributed by atoms with Crippen molar-refractivity contribution in [3.63, 3.8) is 0 Å².